The Hall–Kier alpha value is -3.76. The molecule has 0 aromatic carbocycles. The molecule has 0 unspecified atom stereocenters. The number of hydrogen-bond acceptors (Lipinski definition) is 5. The molecule has 156 valence electrons. The summed E-state index contributed by atoms with van der Waals surface area (Å²) in [6, 6.07) is 7.40. The van der Waals surface area contributed by atoms with Crippen LogP contribution >= 0.6 is 0 Å². The molecule has 3 aromatic rings. The van der Waals surface area contributed by atoms with E-state index in [0.717, 1.165) is 48.2 Å². The summed E-state index contributed by atoms with van der Waals surface area (Å²) in [6.07, 6.45) is 6.71. The molecule has 7 heteroatoms. The molecule has 1 aliphatic heterocycles. The van der Waals surface area contributed by atoms with Crippen LogP contribution in [-0.4, -0.2) is 45.9 Å². The number of carbonyl (C=O) groups excluding carboxylic acids is 1. The fourth-order valence-electron chi connectivity index (χ4n) is 3.66. The number of carbonyl (C=O) groups is 1. The van der Waals surface area contributed by atoms with Gasteiger partial charge in [0.15, 0.2) is 0 Å². The van der Waals surface area contributed by atoms with Crippen LogP contribution in [-0.2, 0) is 6.54 Å². The molecule has 0 atom stereocenters. The fraction of sp³-hybridized carbons (Fsp3) is 0.250. The molecule has 3 aromatic heterocycles. The largest absolute Gasteiger partial charge is 0.354 e. The molecular formula is C24H23N5O2. The summed E-state index contributed by atoms with van der Waals surface area (Å²) in [5.74, 6) is 5.37. The van der Waals surface area contributed by atoms with Gasteiger partial charge in [-0.25, -0.2) is 0 Å². The first-order valence-electron chi connectivity index (χ1n) is 10.1. The first-order chi connectivity index (χ1) is 15.1. The molecule has 4 rings (SSSR count). The van der Waals surface area contributed by atoms with E-state index in [-0.39, 0.29) is 11.5 Å². The molecule has 0 spiro atoms. The molecule has 7 nitrogen and oxygen atoms in total. The van der Waals surface area contributed by atoms with Gasteiger partial charge in [0.2, 0.25) is 0 Å². The summed E-state index contributed by atoms with van der Waals surface area (Å²) in [7, 11) is 1.59. The van der Waals surface area contributed by atoms with Gasteiger partial charge in [0.1, 0.15) is 5.69 Å². The molecule has 1 amide bonds. The number of aromatic nitrogens is 3. The van der Waals surface area contributed by atoms with Crippen LogP contribution in [0.15, 0.2) is 47.5 Å². The van der Waals surface area contributed by atoms with E-state index in [1.807, 2.05) is 18.3 Å². The number of nitrogens with one attached hydrogen (secondary N) is 2. The molecule has 0 bridgehead atoms. The molecule has 31 heavy (non-hydrogen) atoms. The van der Waals surface area contributed by atoms with Gasteiger partial charge in [-0.3, -0.25) is 24.5 Å². The highest BCUT2D eigenvalue weighted by Crippen LogP contribution is 2.23. The predicted octanol–water partition coefficient (Wildman–Crippen LogP) is 2.34. The number of H-pyrrole nitrogens is 1. The third kappa shape index (κ3) is 4.55. The predicted molar refractivity (Wildman–Crippen MR) is 120 cm³/mol. The first kappa shape index (κ1) is 20.5. The van der Waals surface area contributed by atoms with Crippen molar-refractivity contribution in [1.29, 1.82) is 0 Å². The molecule has 0 saturated carbocycles. The normalized spacial score (nSPS) is 13.9. The van der Waals surface area contributed by atoms with E-state index in [1.54, 1.807) is 32.3 Å². The van der Waals surface area contributed by atoms with Crippen molar-refractivity contribution in [2.75, 3.05) is 20.1 Å². The van der Waals surface area contributed by atoms with Crippen LogP contribution < -0.4 is 10.9 Å². The van der Waals surface area contributed by atoms with Crippen molar-refractivity contribution in [1.82, 2.24) is 25.2 Å². The zero-order chi connectivity index (χ0) is 21.8. The van der Waals surface area contributed by atoms with Crippen molar-refractivity contribution in [2.45, 2.75) is 19.9 Å². The standard InChI is InChI=1S/C24H23N5O2/c1-3-4-18-12-21-22(28-23(18)30)11-16(13-26-21)15-29-9-7-17(8-10-29)19-5-6-20(27-14-19)24(31)25-2/h5-7,11-14H,8-10,15H2,1-2H3,(H,25,31)(H,28,30). The molecular weight excluding hydrogens is 390 g/mol. The quantitative estimate of drug-likeness (QED) is 0.641. The second-order valence-corrected chi connectivity index (χ2v) is 7.39. The first-order valence-corrected chi connectivity index (χ1v) is 10.1. The van der Waals surface area contributed by atoms with Gasteiger partial charge in [-0.05, 0) is 48.2 Å². The van der Waals surface area contributed by atoms with Crippen LogP contribution in [0.1, 0.15) is 40.5 Å². The van der Waals surface area contributed by atoms with Crippen molar-refractivity contribution in [2.24, 2.45) is 0 Å². The Bertz CT molecular complexity index is 1280. The second kappa shape index (κ2) is 8.94. The van der Waals surface area contributed by atoms with Crippen LogP contribution in [0.5, 0.6) is 0 Å². The van der Waals surface area contributed by atoms with Crippen molar-refractivity contribution in [3.8, 4) is 11.8 Å². The van der Waals surface area contributed by atoms with E-state index in [4.69, 9.17) is 0 Å². The Labute approximate surface area is 180 Å². The molecule has 1 aliphatic rings. The maximum absolute atomic E-state index is 12.1. The molecule has 0 fully saturated rings. The van der Waals surface area contributed by atoms with E-state index >= 15 is 0 Å². The number of rotatable bonds is 4. The number of nitrogens with zero attached hydrogens (tertiary/aromatic N) is 3. The maximum Gasteiger partial charge on any atom is 0.269 e. The summed E-state index contributed by atoms with van der Waals surface area (Å²) >= 11 is 0. The van der Waals surface area contributed by atoms with E-state index in [2.05, 4.69) is 43.1 Å². The Kier molecular flexibility index (Phi) is 5.92. The monoisotopic (exact) mass is 413 g/mol. The van der Waals surface area contributed by atoms with Gasteiger partial charge in [-0.15, -0.1) is 5.92 Å². The summed E-state index contributed by atoms with van der Waals surface area (Å²) in [5, 5.41) is 2.58. The van der Waals surface area contributed by atoms with Gasteiger partial charge in [0.05, 0.1) is 16.6 Å². The zero-order valence-corrected chi connectivity index (χ0v) is 17.5. The van der Waals surface area contributed by atoms with Crippen LogP contribution in [0.2, 0.25) is 0 Å². The minimum Gasteiger partial charge on any atom is -0.354 e. The highest BCUT2D eigenvalue weighted by atomic mass is 16.1. The Morgan fingerprint density at radius 3 is 2.81 bits per heavy atom. The SMILES string of the molecule is CC#Cc1cc2ncc(CN3CC=C(c4ccc(C(=O)NC)nc4)CC3)cc2[nH]c1=O. The molecule has 0 saturated heterocycles. The van der Waals surface area contributed by atoms with E-state index in [9.17, 15) is 9.59 Å². The van der Waals surface area contributed by atoms with Gasteiger partial charge in [0.25, 0.3) is 11.5 Å². The Balaban J connectivity index is 1.45. The van der Waals surface area contributed by atoms with Gasteiger partial charge < -0.3 is 10.3 Å². The Morgan fingerprint density at radius 1 is 1.26 bits per heavy atom. The van der Waals surface area contributed by atoms with E-state index in [0.29, 0.717) is 11.3 Å². The summed E-state index contributed by atoms with van der Waals surface area (Å²) in [6.45, 7) is 4.17. The highest BCUT2D eigenvalue weighted by Gasteiger charge is 2.15. The van der Waals surface area contributed by atoms with Crippen LogP contribution in [0.4, 0.5) is 0 Å². The lowest BCUT2D eigenvalue weighted by Crippen LogP contribution is -2.28. The van der Waals surface area contributed by atoms with Gasteiger partial charge >= 0.3 is 0 Å². The average molecular weight is 413 g/mol. The third-order valence-corrected chi connectivity index (χ3v) is 5.30. The smallest absolute Gasteiger partial charge is 0.269 e. The second-order valence-electron chi connectivity index (χ2n) is 7.39. The number of pyridine rings is 3. The fourth-order valence-corrected chi connectivity index (χ4v) is 3.66. The maximum atomic E-state index is 12.1. The Morgan fingerprint density at radius 2 is 2.13 bits per heavy atom. The number of aromatic amines is 1. The molecule has 0 radical (unpaired) electrons. The molecule has 0 aliphatic carbocycles. The summed E-state index contributed by atoms with van der Waals surface area (Å²) in [5.41, 5.74) is 5.44. The van der Waals surface area contributed by atoms with Gasteiger partial charge in [-0.1, -0.05) is 18.1 Å². The number of hydrogen-bond donors (Lipinski definition) is 2. The lowest BCUT2D eigenvalue weighted by Gasteiger charge is -2.26. The third-order valence-electron chi connectivity index (χ3n) is 5.30. The average Bonchev–Trinajstić information content (AvgIpc) is 2.80. The van der Waals surface area contributed by atoms with Crippen molar-refractivity contribution in [3.05, 3.63) is 75.5 Å². The summed E-state index contributed by atoms with van der Waals surface area (Å²) in [4.78, 5) is 37.7. The lowest BCUT2D eigenvalue weighted by atomic mass is 10.0. The van der Waals surface area contributed by atoms with Crippen LogP contribution in [0.3, 0.4) is 0 Å². The van der Waals surface area contributed by atoms with Crippen molar-refractivity contribution < 1.29 is 4.79 Å². The van der Waals surface area contributed by atoms with Crippen molar-refractivity contribution >= 4 is 22.5 Å². The van der Waals surface area contributed by atoms with Crippen LogP contribution in [0, 0.1) is 11.8 Å². The summed E-state index contributed by atoms with van der Waals surface area (Å²) < 4.78 is 0. The molecule has 2 N–H and O–H groups in total. The van der Waals surface area contributed by atoms with E-state index in [1.165, 1.54) is 5.57 Å². The van der Waals surface area contributed by atoms with Crippen LogP contribution in [0.25, 0.3) is 16.6 Å². The topological polar surface area (TPSA) is 91.0 Å². The number of fused-ring (bicyclic) bond motifs is 1. The number of amides is 1. The van der Waals surface area contributed by atoms with E-state index < -0.39 is 0 Å². The van der Waals surface area contributed by atoms with Gasteiger partial charge in [-0.2, -0.15) is 0 Å². The van der Waals surface area contributed by atoms with Crippen molar-refractivity contribution in [3.63, 3.8) is 0 Å². The van der Waals surface area contributed by atoms with Gasteiger partial charge in [0, 0.05) is 39.1 Å². The zero-order valence-electron chi connectivity index (χ0n) is 17.5. The lowest BCUT2D eigenvalue weighted by molar-refractivity contribution is 0.0958. The molecule has 4 heterocycles. The minimum atomic E-state index is -0.192. The minimum absolute atomic E-state index is 0.185. The highest BCUT2D eigenvalue weighted by molar-refractivity contribution is 5.92.